The Balaban J connectivity index is 1.28. The van der Waals surface area contributed by atoms with Gasteiger partial charge in [0.1, 0.15) is 11.4 Å². The van der Waals surface area contributed by atoms with Crippen molar-refractivity contribution in [1.82, 2.24) is 10.5 Å². The molecule has 1 spiro atoms. The van der Waals surface area contributed by atoms with Gasteiger partial charge in [-0.3, -0.25) is 14.5 Å². The van der Waals surface area contributed by atoms with Crippen LogP contribution in [0.1, 0.15) is 24.7 Å². The molecule has 2 saturated heterocycles. The molecule has 3 aliphatic rings. The summed E-state index contributed by atoms with van der Waals surface area (Å²) in [4.78, 5) is 28.0. The fourth-order valence-electron chi connectivity index (χ4n) is 4.91. The van der Waals surface area contributed by atoms with Crippen LogP contribution >= 0.6 is 0 Å². The van der Waals surface area contributed by atoms with Gasteiger partial charge in [0.25, 0.3) is 0 Å². The van der Waals surface area contributed by atoms with Crippen LogP contribution in [0.5, 0.6) is 0 Å². The van der Waals surface area contributed by atoms with E-state index in [0.717, 1.165) is 12.8 Å². The van der Waals surface area contributed by atoms with Crippen molar-refractivity contribution in [1.29, 1.82) is 0 Å². The van der Waals surface area contributed by atoms with E-state index in [1.54, 1.807) is 17.9 Å². The molecule has 1 aromatic carbocycles. The zero-order valence-corrected chi connectivity index (χ0v) is 17.1. The van der Waals surface area contributed by atoms with E-state index >= 15 is 0 Å². The largest absolute Gasteiger partial charge is 0.360 e. The average molecular weight is 407 g/mol. The van der Waals surface area contributed by atoms with Crippen LogP contribution in [0.25, 0.3) is 0 Å². The van der Waals surface area contributed by atoms with Gasteiger partial charge in [0.05, 0.1) is 24.5 Å². The molecule has 1 N–H and O–H groups in total. The highest BCUT2D eigenvalue weighted by atomic mass is 16.5. The molecule has 0 aliphatic carbocycles. The zero-order valence-electron chi connectivity index (χ0n) is 17.1. The molecule has 2 bridgehead atoms. The summed E-state index contributed by atoms with van der Waals surface area (Å²) < 4.78 is 11.3. The predicted octanol–water partition coefficient (Wildman–Crippen LogP) is 2.41. The second-order valence-corrected chi connectivity index (χ2v) is 8.55. The first kappa shape index (κ1) is 19.1. The van der Waals surface area contributed by atoms with Gasteiger partial charge in [0, 0.05) is 12.1 Å². The summed E-state index contributed by atoms with van der Waals surface area (Å²) >= 11 is 0. The Morgan fingerprint density at radius 1 is 1.37 bits per heavy atom. The lowest BCUT2D eigenvalue weighted by atomic mass is 9.76. The highest BCUT2D eigenvalue weighted by Crippen LogP contribution is 2.52. The molecule has 30 heavy (non-hydrogen) atoms. The average Bonchev–Trinajstić information content (AvgIpc) is 3.48. The Labute approximate surface area is 175 Å². The number of carbonyl (C=O) groups excluding carboxylic acids is 2. The van der Waals surface area contributed by atoms with E-state index in [2.05, 4.69) is 22.6 Å². The Morgan fingerprint density at radius 3 is 2.90 bits per heavy atom. The number of amides is 2. The van der Waals surface area contributed by atoms with Gasteiger partial charge in [0.2, 0.25) is 11.8 Å². The van der Waals surface area contributed by atoms with Gasteiger partial charge < -0.3 is 14.6 Å². The summed E-state index contributed by atoms with van der Waals surface area (Å²) in [5.74, 6) is -0.215. The molecule has 5 atom stereocenters. The second kappa shape index (κ2) is 7.09. The van der Waals surface area contributed by atoms with Crippen molar-refractivity contribution in [3.05, 3.63) is 59.9 Å². The van der Waals surface area contributed by atoms with Crippen LogP contribution in [0.4, 0.5) is 5.82 Å². The third-order valence-electron chi connectivity index (χ3n) is 6.39. The lowest BCUT2D eigenvalue weighted by molar-refractivity contribution is -0.132. The van der Waals surface area contributed by atoms with Gasteiger partial charge >= 0.3 is 0 Å². The van der Waals surface area contributed by atoms with Crippen molar-refractivity contribution in [3.8, 4) is 0 Å². The number of hydrogen-bond donors (Lipinski definition) is 1. The molecule has 3 aliphatic heterocycles. The Hall–Kier alpha value is -2.93. The number of nitrogens with zero attached hydrogens (tertiary/aromatic N) is 2. The fourth-order valence-corrected chi connectivity index (χ4v) is 4.91. The number of hydrogen-bond acceptors (Lipinski definition) is 5. The molecule has 2 fully saturated rings. The predicted molar refractivity (Wildman–Crippen MR) is 110 cm³/mol. The minimum absolute atomic E-state index is 0.00237. The molecule has 5 rings (SSSR count). The third-order valence-corrected chi connectivity index (χ3v) is 6.39. The number of fused-ring (bicyclic) bond motifs is 1. The molecule has 1 aromatic heterocycles. The molecule has 7 nitrogen and oxygen atoms in total. The Bertz CT molecular complexity index is 1000. The normalized spacial score (nSPS) is 30.0. The standard InChI is InChI=1S/C23H25N3O4/c1-14(8-9-16-6-4-3-5-7-16)24-21(27)19-17-10-11-23(29-17)13-26(22(28)20(19)23)18-12-15(2)30-25-18/h3-7,10-12,14,17,19-20H,8-9,13H2,1-2H3,(H,24,27)/t14-,17-,19-,20-,23+/m1/s1. The third kappa shape index (κ3) is 3.04. The van der Waals surface area contributed by atoms with E-state index in [-0.39, 0.29) is 24.0 Å². The molecule has 156 valence electrons. The fraction of sp³-hybridized carbons (Fsp3) is 0.435. The van der Waals surface area contributed by atoms with Gasteiger partial charge in [-0.25, -0.2) is 0 Å². The first-order valence-corrected chi connectivity index (χ1v) is 10.4. The molecule has 0 saturated carbocycles. The quantitative estimate of drug-likeness (QED) is 0.744. The number of nitrogens with one attached hydrogen (secondary N) is 1. The summed E-state index contributed by atoms with van der Waals surface area (Å²) in [5.41, 5.74) is 0.484. The second-order valence-electron chi connectivity index (χ2n) is 8.55. The van der Waals surface area contributed by atoms with Gasteiger partial charge in [-0.2, -0.15) is 0 Å². The van der Waals surface area contributed by atoms with Crippen molar-refractivity contribution in [3.63, 3.8) is 0 Å². The van der Waals surface area contributed by atoms with Crippen molar-refractivity contribution in [2.24, 2.45) is 11.8 Å². The molecule has 2 amide bonds. The SMILES string of the molecule is Cc1cc(N2C[C@]34C=C[C@@H](O3)[C@@H](C(=O)N[C@H](C)CCc3ccccc3)[C@@H]4C2=O)no1. The van der Waals surface area contributed by atoms with Gasteiger partial charge in [-0.1, -0.05) is 47.6 Å². The van der Waals surface area contributed by atoms with Gasteiger partial charge in [0.15, 0.2) is 5.82 Å². The van der Waals surface area contributed by atoms with E-state index in [0.29, 0.717) is 18.1 Å². The minimum Gasteiger partial charge on any atom is -0.360 e. The van der Waals surface area contributed by atoms with Crippen molar-refractivity contribution >= 4 is 17.6 Å². The van der Waals surface area contributed by atoms with Crippen LogP contribution in [0.3, 0.4) is 0 Å². The molecular formula is C23H25N3O4. The number of rotatable bonds is 6. The van der Waals surface area contributed by atoms with Crippen molar-refractivity contribution in [2.75, 3.05) is 11.4 Å². The molecule has 0 unspecified atom stereocenters. The molecule has 2 aromatic rings. The van der Waals surface area contributed by atoms with Crippen LogP contribution < -0.4 is 10.2 Å². The number of aryl methyl sites for hydroxylation is 2. The smallest absolute Gasteiger partial charge is 0.235 e. The number of carbonyl (C=O) groups is 2. The van der Waals surface area contributed by atoms with E-state index in [9.17, 15) is 9.59 Å². The number of anilines is 1. The summed E-state index contributed by atoms with van der Waals surface area (Å²) in [6.45, 7) is 4.13. The maximum absolute atomic E-state index is 13.2. The molecule has 0 radical (unpaired) electrons. The van der Waals surface area contributed by atoms with Crippen LogP contribution in [0.15, 0.2) is 53.1 Å². The summed E-state index contributed by atoms with van der Waals surface area (Å²) in [7, 11) is 0. The lowest BCUT2D eigenvalue weighted by Gasteiger charge is -2.25. The van der Waals surface area contributed by atoms with E-state index in [4.69, 9.17) is 9.26 Å². The van der Waals surface area contributed by atoms with Crippen LogP contribution in [0, 0.1) is 18.8 Å². The summed E-state index contributed by atoms with van der Waals surface area (Å²) in [5, 5.41) is 7.08. The maximum Gasteiger partial charge on any atom is 0.235 e. The van der Waals surface area contributed by atoms with Crippen LogP contribution in [-0.4, -0.2) is 41.3 Å². The zero-order chi connectivity index (χ0) is 20.9. The topological polar surface area (TPSA) is 84.7 Å². The number of benzene rings is 1. The minimum atomic E-state index is -0.760. The van der Waals surface area contributed by atoms with E-state index < -0.39 is 17.4 Å². The Kier molecular flexibility index (Phi) is 4.50. The lowest BCUT2D eigenvalue weighted by Crippen LogP contribution is -2.46. The number of aromatic nitrogens is 1. The molecular weight excluding hydrogens is 382 g/mol. The first-order chi connectivity index (χ1) is 14.5. The van der Waals surface area contributed by atoms with Gasteiger partial charge in [-0.15, -0.1) is 0 Å². The number of ether oxygens (including phenoxy) is 1. The van der Waals surface area contributed by atoms with E-state index in [1.165, 1.54) is 5.56 Å². The van der Waals surface area contributed by atoms with Crippen molar-refractivity contribution < 1.29 is 18.8 Å². The maximum atomic E-state index is 13.2. The summed E-state index contributed by atoms with van der Waals surface area (Å²) in [6.07, 6.45) is 5.22. The first-order valence-electron chi connectivity index (χ1n) is 10.4. The van der Waals surface area contributed by atoms with Crippen LogP contribution in [0.2, 0.25) is 0 Å². The highest BCUT2D eigenvalue weighted by molar-refractivity contribution is 6.02. The summed E-state index contributed by atoms with van der Waals surface area (Å²) in [6, 6.07) is 11.9. The highest BCUT2D eigenvalue weighted by Gasteiger charge is 2.67. The van der Waals surface area contributed by atoms with E-state index in [1.807, 2.05) is 37.3 Å². The molecule has 7 heteroatoms. The van der Waals surface area contributed by atoms with Crippen LogP contribution in [-0.2, 0) is 20.7 Å². The Morgan fingerprint density at radius 2 is 2.17 bits per heavy atom. The van der Waals surface area contributed by atoms with Gasteiger partial charge in [-0.05, 0) is 32.3 Å². The molecule has 4 heterocycles. The van der Waals surface area contributed by atoms with Crippen molar-refractivity contribution in [2.45, 2.75) is 44.4 Å². The monoisotopic (exact) mass is 407 g/mol.